The third kappa shape index (κ3) is 11.5. The summed E-state index contributed by atoms with van der Waals surface area (Å²) >= 11 is 0. The smallest absolute Gasteiger partial charge is 0.480 e. The normalized spacial score (nSPS) is 14.4. The van der Waals surface area contributed by atoms with Crippen LogP contribution in [0.5, 0.6) is 11.5 Å². The molecule has 0 bridgehead atoms. The van der Waals surface area contributed by atoms with Crippen molar-refractivity contribution in [1.82, 2.24) is 0 Å². The lowest BCUT2D eigenvalue weighted by Crippen LogP contribution is -2.39. The van der Waals surface area contributed by atoms with E-state index in [1.165, 1.54) is 18.2 Å². The fraction of sp³-hybridized carbons (Fsp3) is 0.643. The molecule has 0 saturated carbocycles. The van der Waals surface area contributed by atoms with Crippen molar-refractivity contribution >= 4 is 24.2 Å². The van der Waals surface area contributed by atoms with Crippen LogP contribution in [0.3, 0.4) is 0 Å². The lowest BCUT2D eigenvalue weighted by atomic mass is 9.86. The van der Waals surface area contributed by atoms with Crippen LogP contribution in [0, 0.1) is 5.41 Å². The monoisotopic (exact) mass is 553 g/mol. The Balaban J connectivity index is 3.43. The zero-order valence-corrected chi connectivity index (χ0v) is 24.6. The number of hydrogen-bond acceptors (Lipinski definition) is 10. The van der Waals surface area contributed by atoms with Crippen molar-refractivity contribution in [3.05, 3.63) is 23.8 Å². The average molecular weight is 554 g/mol. The third-order valence-electron chi connectivity index (χ3n) is 5.61. The minimum absolute atomic E-state index is 0.0527. The highest BCUT2D eigenvalue weighted by Crippen LogP contribution is 2.36. The van der Waals surface area contributed by atoms with Gasteiger partial charge < -0.3 is 34.5 Å². The molecule has 220 valence electrons. The Morgan fingerprint density at radius 1 is 0.872 bits per heavy atom. The average Bonchev–Trinajstić information content (AvgIpc) is 2.75. The fourth-order valence-corrected chi connectivity index (χ4v) is 3.20. The summed E-state index contributed by atoms with van der Waals surface area (Å²) in [5, 5.41) is 9.68. The van der Waals surface area contributed by atoms with Gasteiger partial charge >= 0.3 is 24.2 Å². The molecule has 2 unspecified atom stereocenters. The number of aliphatic carboxylic acids is 1. The number of carbonyl (C=O) groups is 4. The minimum atomic E-state index is -1.39. The Hall–Kier alpha value is -3.34. The van der Waals surface area contributed by atoms with Crippen molar-refractivity contribution in [2.24, 2.45) is 11.1 Å². The van der Waals surface area contributed by atoms with Crippen LogP contribution in [-0.2, 0) is 23.8 Å². The molecule has 0 heterocycles. The van der Waals surface area contributed by atoms with Crippen molar-refractivity contribution in [1.29, 1.82) is 0 Å². The maximum Gasteiger partial charge on any atom is 0.514 e. The van der Waals surface area contributed by atoms with E-state index >= 15 is 0 Å². The van der Waals surface area contributed by atoms with Gasteiger partial charge in [-0.05, 0) is 92.9 Å². The van der Waals surface area contributed by atoms with Gasteiger partial charge in [-0.2, -0.15) is 0 Å². The predicted molar refractivity (Wildman–Crippen MR) is 143 cm³/mol. The van der Waals surface area contributed by atoms with Crippen LogP contribution in [0.1, 0.15) is 93.6 Å². The lowest BCUT2D eigenvalue weighted by Gasteiger charge is -2.28. The molecule has 1 rings (SSSR count). The van der Waals surface area contributed by atoms with Crippen LogP contribution in [0.15, 0.2) is 18.2 Å². The Bertz CT molecular complexity index is 1040. The van der Waals surface area contributed by atoms with Crippen LogP contribution in [0.4, 0.5) is 9.59 Å². The van der Waals surface area contributed by atoms with Crippen molar-refractivity contribution in [3.8, 4) is 11.5 Å². The SMILES string of the molecule is CCC(C)(C)C(=O)OC(C)CC(c1ccc(OC(=O)OC(C)(C)C)c(OC(=O)OC(C)(C)C)c1)[C@H](N)C(=O)O. The Labute approximate surface area is 230 Å². The minimum Gasteiger partial charge on any atom is -0.480 e. The van der Waals surface area contributed by atoms with Crippen LogP contribution in [0.25, 0.3) is 0 Å². The van der Waals surface area contributed by atoms with Crippen molar-refractivity contribution in [3.63, 3.8) is 0 Å². The van der Waals surface area contributed by atoms with E-state index in [1.807, 2.05) is 6.92 Å². The second kappa shape index (κ2) is 13.1. The largest absolute Gasteiger partial charge is 0.514 e. The molecule has 0 aliphatic rings. The molecule has 3 N–H and O–H groups in total. The van der Waals surface area contributed by atoms with Gasteiger partial charge in [0.15, 0.2) is 11.5 Å². The zero-order chi connectivity index (χ0) is 30.3. The van der Waals surface area contributed by atoms with Gasteiger partial charge in [0.1, 0.15) is 17.2 Å². The van der Waals surface area contributed by atoms with Crippen LogP contribution in [0.2, 0.25) is 0 Å². The maximum atomic E-state index is 12.6. The maximum absolute atomic E-state index is 12.6. The van der Waals surface area contributed by atoms with Gasteiger partial charge in [0.2, 0.25) is 0 Å². The van der Waals surface area contributed by atoms with E-state index < -0.39 is 58.9 Å². The first-order valence-electron chi connectivity index (χ1n) is 12.8. The molecule has 0 aromatic heterocycles. The van der Waals surface area contributed by atoms with E-state index in [2.05, 4.69) is 0 Å². The lowest BCUT2D eigenvalue weighted by molar-refractivity contribution is -0.159. The summed E-state index contributed by atoms with van der Waals surface area (Å²) in [4.78, 5) is 49.2. The van der Waals surface area contributed by atoms with Gasteiger partial charge in [-0.25, -0.2) is 9.59 Å². The van der Waals surface area contributed by atoms with E-state index in [4.69, 9.17) is 29.4 Å². The van der Waals surface area contributed by atoms with Crippen molar-refractivity contribution in [2.45, 2.75) is 111 Å². The van der Waals surface area contributed by atoms with Gasteiger partial charge in [-0.1, -0.05) is 13.0 Å². The molecule has 39 heavy (non-hydrogen) atoms. The first-order valence-corrected chi connectivity index (χ1v) is 12.8. The molecule has 11 heteroatoms. The van der Waals surface area contributed by atoms with E-state index in [9.17, 15) is 24.3 Å². The summed E-state index contributed by atoms with van der Waals surface area (Å²) in [5.41, 5.74) is 3.94. The molecule has 11 nitrogen and oxygen atoms in total. The molecule has 0 radical (unpaired) electrons. The summed E-state index contributed by atoms with van der Waals surface area (Å²) in [5.74, 6) is -2.95. The van der Waals surface area contributed by atoms with Gasteiger partial charge in [0.05, 0.1) is 11.5 Å². The Morgan fingerprint density at radius 2 is 1.36 bits per heavy atom. The Morgan fingerprint density at radius 3 is 1.79 bits per heavy atom. The molecule has 1 aromatic rings. The van der Waals surface area contributed by atoms with E-state index in [0.717, 1.165) is 0 Å². The molecular formula is C28H43NO10. The van der Waals surface area contributed by atoms with Gasteiger partial charge in [0, 0.05) is 5.92 Å². The number of carboxylic acid groups (broad SMARTS) is 1. The highest BCUT2D eigenvalue weighted by molar-refractivity contribution is 5.76. The number of nitrogens with two attached hydrogens (primary N) is 1. The second-order valence-electron chi connectivity index (χ2n) is 12.0. The first kappa shape index (κ1) is 33.7. The van der Waals surface area contributed by atoms with Crippen molar-refractivity contribution < 1.29 is 48.0 Å². The topological polar surface area (TPSA) is 161 Å². The highest BCUT2D eigenvalue weighted by atomic mass is 16.8. The number of ether oxygens (including phenoxy) is 5. The standard InChI is InChI=1S/C28H43NO10/c1-11-28(9,10)23(32)35-16(2)14-18(21(29)22(30)31)17-12-13-19(36-24(33)38-26(3,4)5)20(15-17)37-25(34)39-27(6,7)8/h12-13,15-16,18,21H,11,14,29H2,1-10H3,(H,30,31)/t16?,18?,21-/m0/s1. The van der Waals surface area contributed by atoms with Crippen molar-refractivity contribution in [2.75, 3.05) is 0 Å². The molecule has 1 aromatic carbocycles. The summed E-state index contributed by atoms with van der Waals surface area (Å²) < 4.78 is 26.6. The first-order chi connectivity index (χ1) is 17.6. The van der Waals surface area contributed by atoms with Crippen LogP contribution < -0.4 is 15.2 Å². The number of carboxylic acids is 1. The molecular weight excluding hydrogens is 510 g/mol. The number of hydrogen-bond donors (Lipinski definition) is 2. The van der Waals surface area contributed by atoms with Gasteiger partial charge in [-0.15, -0.1) is 0 Å². The van der Waals surface area contributed by atoms with E-state index in [1.54, 1.807) is 62.3 Å². The second-order valence-corrected chi connectivity index (χ2v) is 12.0. The van der Waals surface area contributed by atoms with Gasteiger partial charge in [-0.3, -0.25) is 9.59 Å². The molecule has 0 amide bonds. The number of rotatable bonds is 10. The summed E-state index contributed by atoms with van der Waals surface area (Å²) in [6, 6.07) is 2.76. The van der Waals surface area contributed by atoms with Gasteiger partial charge in [0.25, 0.3) is 0 Å². The quantitative estimate of drug-likeness (QED) is 0.212. The van der Waals surface area contributed by atoms with Crippen LogP contribution in [-0.4, -0.2) is 52.7 Å². The molecule has 0 spiro atoms. The van der Waals surface area contributed by atoms with Crippen LogP contribution >= 0.6 is 0 Å². The summed E-state index contributed by atoms with van der Waals surface area (Å²) in [7, 11) is 0. The third-order valence-corrected chi connectivity index (χ3v) is 5.61. The molecule has 0 fully saturated rings. The zero-order valence-electron chi connectivity index (χ0n) is 24.6. The molecule has 0 aliphatic heterocycles. The Kier molecular flexibility index (Phi) is 11.4. The summed E-state index contributed by atoms with van der Waals surface area (Å²) in [6.45, 7) is 16.9. The van der Waals surface area contributed by atoms with E-state index in [0.29, 0.717) is 12.0 Å². The van der Waals surface area contributed by atoms with E-state index in [-0.39, 0.29) is 17.9 Å². The predicted octanol–water partition coefficient (Wildman–Crippen LogP) is 5.57. The molecule has 3 atom stereocenters. The number of esters is 1. The number of carbonyl (C=O) groups excluding carboxylic acids is 3. The number of benzene rings is 1. The fourth-order valence-electron chi connectivity index (χ4n) is 3.20. The highest BCUT2D eigenvalue weighted by Gasteiger charge is 2.33. The molecule has 0 saturated heterocycles. The molecule has 0 aliphatic carbocycles. The summed E-state index contributed by atoms with van der Waals surface area (Å²) in [6.07, 6.45) is -2.19.